The Kier molecular flexibility index (Phi) is 4.69. The molecule has 0 aliphatic carbocycles. The van der Waals surface area contributed by atoms with Crippen molar-refractivity contribution in [1.29, 1.82) is 0 Å². The van der Waals surface area contributed by atoms with Crippen molar-refractivity contribution in [2.45, 2.75) is 26.2 Å². The summed E-state index contributed by atoms with van der Waals surface area (Å²) in [5.41, 5.74) is 0.137. The Morgan fingerprint density at radius 2 is 2.36 bits per heavy atom. The Balaban J connectivity index is 2.97. The number of isothiocyanates is 1. The molecule has 1 heterocycles. The van der Waals surface area contributed by atoms with Crippen LogP contribution >= 0.6 is 35.2 Å². The molecule has 0 N–H and O–H groups in total. The molecule has 5 heteroatoms. The number of aliphatic imine (C=N–C) groups is 1. The molecule has 0 aliphatic heterocycles. The van der Waals surface area contributed by atoms with E-state index in [-0.39, 0.29) is 10.8 Å². The molecule has 76 valence electrons. The molecule has 0 saturated carbocycles. The van der Waals surface area contributed by atoms with Gasteiger partial charge in [0.15, 0.2) is 0 Å². The first-order valence-corrected chi connectivity index (χ1v) is 5.85. The third-order valence-corrected chi connectivity index (χ3v) is 3.40. The highest BCUT2D eigenvalue weighted by Crippen LogP contribution is 2.38. The van der Waals surface area contributed by atoms with E-state index in [0.717, 1.165) is 35.5 Å². The molecular weight excluding hydrogens is 241 g/mol. The lowest BCUT2D eigenvalue weighted by atomic mass is 10.2. The van der Waals surface area contributed by atoms with E-state index < -0.39 is 0 Å². The minimum Gasteiger partial charge on any atom is -0.193 e. The normalized spacial score (nSPS) is 9.93. The smallest absolute Gasteiger partial charge is 0.193 e. The zero-order valence-corrected chi connectivity index (χ0v) is 10.0. The lowest BCUT2D eigenvalue weighted by Crippen LogP contribution is -1.78. The van der Waals surface area contributed by atoms with Crippen LogP contribution in [0.15, 0.2) is 4.99 Å². The highest BCUT2D eigenvalue weighted by atomic mass is 35.5. The van der Waals surface area contributed by atoms with Crippen LogP contribution < -0.4 is 0 Å². The van der Waals surface area contributed by atoms with Gasteiger partial charge in [-0.25, -0.2) is 0 Å². The molecule has 0 spiro atoms. The van der Waals surface area contributed by atoms with E-state index in [1.165, 1.54) is 0 Å². The Bertz CT molecular complexity index is 369. The van der Waals surface area contributed by atoms with Gasteiger partial charge < -0.3 is 0 Å². The van der Waals surface area contributed by atoms with Crippen LogP contribution in [-0.2, 0) is 6.42 Å². The number of halogens is 2. The van der Waals surface area contributed by atoms with Crippen molar-refractivity contribution >= 4 is 46.0 Å². The number of aryl methyl sites for hydroxylation is 1. The Hall–Kier alpha value is -0.280. The summed E-state index contributed by atoms with van der Waals surface area (Å²) in [4.78, 5) is 4.45. The molecule has 0 radical (unpaired) electrons. The predicted molar refractivity (Wildman–Crippen MR) is 62.6 cm³/mol. The number of rotatable bonds is 4. The van der Waals surface area contributed by atoms with Crippen LogP contribution in [0.1, 0.15) is 24.6 Å². The average molecular weight is 250 g/mol. The quantitative estimate of drug-likeness (QED) is 0.560. The van der Waals surface area contributed by atoms with Gasteiger partial charge in [-0.1, -0.05) is 24.9 Å². The van der Waals surface area contributed by atoms with Gasteiger partial charge in [-0.2, -0.15) is 9.38 Å². The molecule has 0 aliphatic rings. The van der Waals surface area contributed by atoms with E-state index in [9.17, 15) is 4.39 Å². The maximum absolute atomic E-state index is 13.2. The molecule has 1 aromatic heterocycles. The van der Waals surface area contributed by atoms with E-state index in [1.54, 1.807) is 0 Å². The molecule has 1 rings (SSSR count). The van der Waals surface area contributed by atoms with Gasteiger partial charge in [0.05, 0.1) is 10.2 Å². The van der Waals surface area contributed by atoms with Crippen LogP contribution in [0.4, 0.5) is 10.1 Å². The molecule has 0 bridgehead atoms. The summed E-state index contributed by atoms with van der Waals surface area (Å²) >= 11 is 11.4. The van der Waals surface area contributed by atoms with E-state index >= 15 is 0 Å². The highest BCUT2D eigenvalue weighted by Gasteiger charge is 2.15. The second kappa shape index (κ2) is 5.56. The molecule has 14 heavy (non-hydrogen) atoms. The monoisotopic (exact) mass is 249 g/mol. The maximum atomic E-state index is 13.2. The van der Waals surface area contributed by atoms with Crippen LogP contribution in [0, 0.1) is 5.13 Å². The second-order valence-corrected chi connectivity index (χ2v) is 4.38. The van der Waals surface area contributed by atoms with Crippen molar-refractivity contribution in [2.24, 2.45) is 4.99 Å². The molecule has 0 fully saturated rings. The number of hydrogen-bond donors (Lipinski definition) is 0. The summed E-state index contributed by atoms with van der Waals surface area (Å²) in [6.45, 7) is 2.08. The van der Waals surface area contributed by atoms with Gasteiger partial charge in [0.1, 0.15) is 5.69 Å². The van der Waals surface area contributed by atoms with E-state index in [0.29, 0.717) is 5.02 Å². The van der Waals surface area contributed by atoms with Crippen LogP contribution in [0.25, 0.3) is 0 Å². The standard InChI is InChI=1S/C9H9ClFNS2/c1-2-3-4-6-7(10)8(12-5-13)9(11)14-6/h2-4H2,1H3. The topological polar surface area (TPSA) is 12.4 Å². The summed E-state index contributed by atoms with van der Waals surface area (Å²) in [6, 6.07) is 0. The zero-order valence-electron chi connectivity index (χ0n) is 7.64. The molecular formula is C9H9ClFNS2. The fraction of sp³-hybridized carbons (Fsp3) is 0.444. The lowest BCUT2D eigenvalue weighted by Gasteiger charge is -1.94. The number of nitrogens with zero attached hydrogens (tertiary/aromatic N) is 1. The third-order valence-electron chi connectivity index (χ3n) is 1.77. The summed E-state index contributed by atoms with van der Waals surface area (Å²) in [5, 5.41) is 2.14. The summed E-state index contributed by atoms with van der Waals surface area (Å²) in [7, 11) is 0. The molecule has 0 amide bonds. The Labute approximate surface area is 96.6 Å². The second-order valence-electron chi connectivity index (χ2n) is 2.77. The van der Waals surface area contributed by atoms with Crippen LogP contribution in [0.3, 0.4) is 0 Å². The fourth-order valence-corrected chi connectivity index (χ4v) is 2.43. The van der Waals surface area contributed by atoms with Crippen LogP contribution in [0.2, 0.25) is 5.02 Å². The first-order valence-electron chi connectivity index (χ1n) is 4.25. The first-order chi connectivity index (χ1) is 6.70. The number of thiophene rings is 1. The van der Waals surface area contributed by atoms with Crippen molar-refractivity contribution in [1.82, 2.24) is 0 Å². The van der Waals surface area contributed by atoms with Crippen molar-refractivity contribution in [3.63, 3.8) is 0 Å². The van der Waals surface area contributed by atoms with Gasteiger partial charge in [0.25, 0.3) is 0 Å². The fourth-order valence-electron chi connectivity index (χ4n) is 1.06. The summed E-state index contributed by atoms with van der Waals surface area (Å²) in [5.74, 6) is 0. The number of hydrogen-bond acceptors (Lipinski definition) is 3. The molecule has 0 unspecified atom stereocenters. The molecule has 0 atom stereocenters. The van der Waals surface area contributed by atoms with Gasteiger partial charge in [-0.05, 0) is 25.1 Å². The van der Waals surface area contributed by atoms with E-state index in [4.69, 9.17) is 11.6 Å². The summed E-state index contributed by atoms with van der Waals surface area (Å²) in [6.07, 6.45) is 2.85. The third kappa shape index (κ3) is 2.61. The molecule has 1 nitrogen and oxygen atoms in total. The maximum Gasteiger partial charge on any atom is 0.204 e. The lowest BCUT2D eigenvalue weighted by molar-refractivity contribution is 0.659. The zero-order chi connectivity index (χ0) is 10.6. The minimum atomic E-state index is -0.376. The molecule has 0 aromatic carbocycles. The number of thiocarbonyl (C=S) groups is 1. The highest BCUT2D eigenvalue weighted by molar-refractivity contribution is 7.78. The Morgan fingerprint density at radius 1 is 1.64 bits per heavy atom. The van der Waals surface area contributed by atoms with Gasteiger partial charge in [0.2, 0.25) is 5.13 Å². The average Bonchev–Trinajstić information content (AvgIpc) is 2.43. The largest absolute Gasteiger partial charge is 0.204 e. The van der Waals surface area contributed by atoms with Crippen molar-refractivity contribution < 1.29 is 4.39 Å². The number of unbranched alkanes of at least 4 members (excludes halogenated alkanes) is 1. The van der Waals surface area contributed by atoms with Crippen LogP contribution in [0.5, 0.6) is 0 Å². The SMILES string of the molecule is CCCCc1sc(F)c(N=C=S)c1Cl. The van der Waals surface area contributed by atoms with E-state index in [2.05, 4.69) is 29.3 Å². The van der Waals surface area contributed by atoms with Gasteiger partial charge in [-0.3, -0.25) is 0 Å². The Morgan fingerprint density at radius 3 is 2.93 bits per heavy atom. The van der Waals surface area contributed by atoms with Crippen molar-refractivity contribution in [3.8, 4) is 0 Å². The molecule has 1 aromatic rings. The molecule has 0 saturated heterocycles. The summed E-state index contributed by atoms with van der Waals surface area (Å²) < 4.78 is 13.2. The van der Waals surface area contributed by atoms with Crippen molar-refractivity contribution in [3.05, 3.63) is 15.0 Å². The van der Waals surface area contributed by atoms with Crippen molar-refractivity contribution in [2.75, 3.05) is 0 Å². The predicted octanol–water partition coefficient (Wildman–Crippen LogP) is 4.62. The van der Waals surface area contributed by atoms with Gasteiger partial charge in [-0.15, -0.1) is 11.3 Å². The van der Waals surface area contributed by atoms with Gasteiger partial charge in [0, 0.05) is 4.88 Å². The minimum absolute atomic E-state index is 0.137. The first kappa shape index (κ1) is 11.8. The van der Waals surface area contributed by atoms with Gasteiger partial charge >= 0.3 is 0 Å². The van der Waals surface area contributed by atoms with E-state index in [1.807, 2.05) is 0 Å². The van der Waals surface area contributed by atoms with Crippen LogP contribution in [-0.4, -0.2) is 5.16 Å².